The summed E-state index contributed by atoms with van der Waals surface area (Å²) < 4.78 is 5.29. The summed E-state index contributed by atoms with van der Waals surface area (Å²) in [5.74, 6) is 0. The molecule has 0 bridgehead atoms. The molecule has 1 fully saturated rings. The molecule has 1 aliphatic rings. The van der Waals surface area contributed by atoms with E-state index in [2.05, 4.69) is 17.3 Å². The fourth-order valence-corrected chi connectivity index (χ4v) is 1.67. The number of ether oxygens (including phenoxy) is 1. The van der Waals surface area contributed by atoms with Gasteiger partial charge >= 0.3 is 0 Å². The maximum atomic E-state index is 5.29. The first-order valence-electron chi connectivity index (χ1n) is 4.15. The van der Waals surface area contributed by atoms with Crippen LogP contribution in [0.4, 0.5) is 0 Å². The predicted octanol–water partition coefficient (Wildman–Crippen LogP) is -0.0751. The Kier molecular flexibility index (Phi) is 3.30. The summed E-state index contributed by atoms with van der Waals surface area (Å²) in [4.78, 5) is 2.35. The molecule has 0 aromatic carbocycles. The first-order valence-corrected chi connectivity index (χ1v) is 4.15. The lowest BCUT2D eigenvalue weighted by Crippen LogP contribution is -2.33. The van der Waals surface area contributed by atoms with Gasteiger partial charge in [0.1, 0.15) is 0 Å². The molecule has 66 valence electrons. The number of likely N-dealkylation sites (N-methyl/N-ethyl adjacent to an activating group) is 2. The quantitative estimate of drug-likeness (QED) is 0.622. The number of nitrogens with one attached hydrogen (secondary N) is 1. The van der Waals surface area contributed by atoms with Crippen LogP contribution in [0, 0.1) is 0 Å². The second kappa shape index (κ2) is 4.04. The van der Waals surface area contributed by atoms with Gasteiger partial charge in [0.2, 0.25) is 0 Å². The molecule has 1 N–H and O–H groups in total. The van der Waals surface area contributed by atoms with Crippen LogP contribution in [0.3, 0.4) is 0 Å². The van der Waals surface area contributed by atoms with E-state index < -0.39 is 0 Å². The molecule has 0 amide bonds. The summed E-state index contributed by atoms with van der Waals surface area (Å²) in [5.41, 5.74) is 0. The topological polar surface area (TPSA) is 24.5 Å². The Hall–Kier alpha value is -0.120. The fraction of sp³-hybridized carbons (Fsp3) is 1.00. The van der Waals surface area contributed by atoms with Gasteiger partial charge in [0.25, 0.3) is 0 Å². The number of nitrogens with zero attached hydrogens (tertiary/aromatic N) is 1. The van der Waals surface area contributed by atoms with Crippen LogP contribution < -0.4 is 5.32 Å². The molecular formula is C8H18N2O. The largest absolute Gasteiger partial charge is 0.380 e. The minimum Gasteiger partial charge on any atom is -0.380 e. The van der Waals surface area contributed by atoms with E-state index in [0.29, 0.717) is 12.1 Å². The van der Waals surface area contributed by atoms with Crippen molar-refractivity contribution in [3.05, 3.63) is 0 Å². The van der Waals surface area contributed by atoms with Crippen LogP contribution in [0.2, 0.25) is 0 Å². The Morgan fingerprint density at radius 2 is 2.36 bits per heavy atom. The molecule has 0 aromatic rings. The van der Waals surface area contributed by atoms with E-state index >= 15 is 0 Å². The lowest BCUT2D eigenvalue weighted by Gasteiger charge is -2.17. The van der Waals surface area contributed by atoms with Crippen molar-refractivity contribution in [2.45, 2.75) is 18.6 Å². The van der Waals surface area contributed by atoms with Gasteiger partial charge in [-0.15, -0.1) is 0 Å². The molecule has 3 heteroatoms. The monoisotopic (exact) mass is 158 g/mol. The van der Waals surface area contributed by atoms with Gasteiger partial charge in [0.05, 0.1) is 6.10 Å². The molecule has 0 unspecified atom stereocenters. The van der Waals surface area contributed by atoms with Crippen LogP contribution in [0.25, 0.3) is 0 Å². The smallest absolute Gasteiger partial charge is 0.0713 e. The predicted molar refractivity (Wildman–Crippen MR) is 45.8 cm³/mol. The van der Waals surface area contributed by atoms with E-state index in [4.69, 9.17) is 4.74 Å². The van der Waals surface area contributed by atoms with Gasteiger partial charge < -0.3 is 10.1 Å². The Balaban J connectivity index is 2.32. The van der Waals surface area contributed by atoms with Gasteiger partial charge in [-0.3, -0.25) is 4.90 Å². The van der Waals surface area contributed by atoms with Crippen molar-refractivity contribution in [3.8, 4) is 0 Å². The van der Waals surface area contributed by atoms with E-state index in [1.54, 1.807) is 7.11 Å². The van der Waals surface area contributed by atoms with E-state index in [-0.39, 0.29) is 0 Å². The van der Waals surface area contributed by atoms with E-state index in [1.807, 2.05) is 7.05 Å². The average Bonchev–Trinajstić information content (AvgIpc) is 2.33. The van der Waals surface area contributed by atoms with Crippen molar-refractivity contribution < 1.29 is 4.74 Å². The van der Waals surface area contributed by atoms with Crippen LogP contribution in [0.5, 0.6) is 0 Å². The Morgan fingerprint density at radius 3 is 2.82 bits per heavy atom. The average molecular weight is 158 g/mol. The highest BCUT2D eigenvalue weighted by molar-refractivity contribution is 4.84. The maximum Gasteiger partial charge on any atom is 0.0713 e. The molecule has 0 spiro atoms. The molecular weight excluding hydrogens is 140 g/mol. The van der Waals surface area contributed by atoms with Gasteiger partial charge in [-0.2, -0.15) is 0 Å². The molecule has 0 aliphatic carbocycles. The summed E-state index contributed by atoms with van der Waals surface area (Å²) in [6.45, 7) is 2.14. The number of methoxy groups -OCH3 is 1. The molecule has 0 saturated carbocycles. The van der Waals surface area contributed by atoms with Crippen LogP contribution >= 0.6 is 0 Å². The van der Waals surface area contributed by atoms with Crippen molar-refractivity contribution in [1.29, 1.82) is 0 Å². The zero-order valence-electron chi connectivity index (χ0n) is 7.63. The molecule has 1 rings (SSSR count). The highest BCUT2D eigenvalue weighted by Crippen LogP contribution is 2.16. The number of hydrogen-bond acceptors (Lipinski definition) is 3. The summed E-state index contributed by atoms with van der Waals surface area (Å²) >= 11 is 0. The molecule has 1 heterocycles. The fourth-order valence-electron chi connectivity index (χ4n) is 1.67. The zero-order valence-corrected chi connectivity index (χ0v) is 7.63. The molecule has 1 aliphatic heterocycles. The van der Waals surface area contributed by atoms with Crippen molar-refractivity contribution in [2.24, 2.45) is 0 Å². The minimum absolute atomic E-state index is 0.443. The van der Waals surface area contributed by atoms with Gasteiger partial charge in [0, 0.05) is 26.2 Å². The lowest BCUT2D eigenvalue weighted by atomic mass is 10.2. The molecule has 2 atom stereocenters. The van der Waals surface area contributed by atoms with Crippen molar-refractivity contribution >= 4 is 0 Å². The second-order valence-electron chi connectivity index (χ2n) is 3.24. The summed E-state index contributed by atoms with van der Waals surface area (Å²) in [6, 6.07) is 0.657. The van der Waals surface area contributed by atoms with Crippen molar-refractivity contribution in [2.75, 3.05) is 34.3 Å². The standard InChI is InChI=1S/C8H18N2O/c1-9-5-7-4-8(11-3)6-10(7)2/h7-9H,4-6H2,1-3H3/t7-,8+/m0/s1. The first kappa shape index (κ1) is 8.97. The highest BCUT2D eigenvalue weighted by Gasteiger charge is 2.28. The van der Waals surface area contributed by atoms with Crippen LogP contribution in [-0.2, 0) is 4.74 Å². The van der Waals surface area contributed by atoms with Gasteiger partial charge in [-0.25, -0.2) is 0 Å². The third-order valence-corrected chi connectivity index (χ3v) is 2.42. The first-order chi connectivity index (χ1) is 5.27. The molecule has 1 saturated heterocycles. The van der Waals surface area contributed by atoms with Gasteiger partial charge in [-0.1, -0.05) is 0 Å². The maximum absolute atomic E-state index is 5.29. The van der Waals surface area contributed by atoms with E-state index in [1.165, 1.54) is 0 Å². The minimum atomic E-state index is 0.443. The molecule has 3 nitrogen and oxygen atoms in total. The zero-order chi connectivity index (χ0) is 8.27. The Bertz CT molecular complexity index is 119. The van der Waals surface area contributed by atoms with Crippen molar-refractivity contribution in [3.63, 3.8) is 0 Å². The third-order valence-electron chi connectivity index (χ3n) is 2.42. The summed E-state index contributed by atoms with van der Waals surface area (Å²) in [6.07, 6.45) is 1.60. The number of rotatable bonds is 3. The van der Waals surface area contributed by atoms with E-state index in [9.17, 15) is 0 Å². The SMILES string of the molecule is CNC[C@@H]1C[C@@H](OC)CN1C. The van der Waals surface area contributed by atoms with Gasteiger partial charge in [0.15, 0.2) is 0 Å². The van der Waals surface area contributed by atoms with Crippen LogP contribution in [-0.4, -0.2) is 51.3 Å². The van der Waals surface area contributed by atoms with E-state index in [0.717, 1.165) is 19.5 Å². The van der Waals surface area contributed by atoms with Crippen molar-refractivity contribution in [1.82, 2.24) is 10.2 Å². The molecule has 0 radical (unpaired) electrons. The Labute approximate surface area is 68.7 Å². The lowest BCUT2D eigenvalue weighted by molar-refractivity contribution is 0.111. The normalized spacial score (nSPS) is 33.0. The summed E-state index contributed by atoms with van der Waals surface area (Å²) in [7, 11) is 5.94. The highest BCUT2D eigenvalue weighted by atomic mass is 16.5. The van der Waals surface area contributed by atoms with Crippen LogP contribution in [0.15, 0.2) is 0 Å². The third kappa shape index (κ3) is 2.15. The second-order valence-corrected chi connectivity index (χ2v) is 3.24. The summed E-state index contributed by atoms with van der Waals surface area (Å²) in [5, 5.41) is 3.19. The number of hydrogen-bond donors (Lipinski definition) is 1. The molecule has 11 heavy (non-hydrogen) atoms. The Morgan fingerprint density at radius 1 is 1.64 bits per heavy atom. The van der Waals surface area contributed by atoms with Gasteiger partial charge in [-0.05, 0) is 20.5 Å². The number of likely N-dealkylation sites (tertiary alicyclic amines) is 1. The molecule has 0 aromatic heterocycles. The van der Waals surface area contributed by atoms with Crippen LogP contribution in [0.1, 0.15) is 6.42 Å².